The van der Waals surface area contributed by atoms with Gasteiger partial charge in [-0.1, -0.05) is 0 Å². The number of hydrogen-bond donors (Lipinski definition) is 1. The van der Waals surface area contributed by atoms with Gasteiger partial charge in [0.25, 0.3) is 0 Å². The summed E-state index contributed by atoms with van der Waals surface area (Å²) in [6.07, 6.45) is 6.11. The van der Waals surface area contributed by atoms with E-state index in [1.807, 2.05) is 12.1 Å². The highest BCUT2D eigenvalue weighted by Crippen LogP contribution is 2.45. The van der Waals surface area contributed by atoms with Gasteiger partial charge in [-0.3, -0.25) is 14.6 Å². The first-order valence-electron chi connectivity index (χ1n) is 6.19. The van der Waals surface area contributed by atoms with Crippen LogP contribution in [0.25, 0.3) is 11.4 Å². The van der Waals surface area contributed by atoms with E-state index < -0.39 is 0 Å². The molecule has 3 rings (SSSR count). The first kappa shape index (κ1) is 11.6. The molecule has 2 aromatic rings. The summed E-state index contributed by atoms with van der Waals surface area (Å²) in [7, 11) is 0. The molecule has 0 radical (unpaired) electrons. The monoisotopic (exact) mass is 260 g/mol. The van der Waals surface area contributed by atoms with Gasteiger partial charge in [0.05, 0.1) is 0 Å². The molecule has 1 fully saturated rings. The van der Waals surface area contributed by atoms with Gasteiger partial charge in [-0.05, 0) is 57.0 Å². The zero-order chi connectivity index (χ0) is 12.8. The Labute approximate surface area is 111 Å². The van der Waals surface area contributed by atoms with Gasteiger partial charge in [-0.25, -0.2) is 0 Å². The fourth-order valence-corrected chi connectivity index (χ4v) is 2.87. The molecule has 0 amide bonds. The van der Waals surface area contributed by atoms with E-state index >= 15 is 0 Å². The first-order valence-corrected chi connectivity index (χ1v) is 6.60. The second kappa shape index (κ2) is 4.02. The largest absolute Gasteiger partial charge is 0.294 e. The van der Waals surface area contributed by atoms with Gasteiger partial charge in [-0.15, -0.1) is 0 Å². The number of nitrogens with zero attached hydrogens (tertiary/aromatic N) is 3. The highest BCUT2D eigenvalue weighted by atomic mass is 32.1. The molecule has 1 aliphatic rings. The lowest BCUT2D eigenvalue weighted by atomic mass is 9.98. The molecule has 18 heavy (non-hydrogen) atoms. The molecule has 1 saturated carbocycles. The number of aromatic nitrogens is 4. The molecule has 1 N–H and O–H groups in total. The van der Waals surface area contributed by atoms with Gasteiger partial charge in [0.15, 0.2) is 10.6 Å². The van der Waals surface area contributed by atoms with Crippen molar-refractivity contribution in [1.29, 1.82) is 0 Å². The smallest absolute Gasteiger partial charge is 0.195 e. The quantitative estimate of drug-likeness (QED) is 0.862. The molecule has 1 aliphatic carbocycles. The number of rotatable bonds is 3. The van der Waals surface area contributed by atoms with Crippen LogP contribution in [-0.4, -0.2) is 19.7 Å². The molecule has 94 valence electrons. The minimum Gasteiger partial charge on any atom is -0.294 e. The van der Waals surface area contributed by atoms with Gasteiger partial charge in [0.2, 0.25) is 0 Å². The van der Waals surface area contributed by atoms with Crippen LogP contribution in [0.3, 0.4) is 0 Å². The van der Waals surface area contributed by atoms with Crippen molar-refractivity contribution in [1.82, 2.24) is 19.7 Å². The summed E-state index contributed by atoms with van der Waals surface area (Å²) in [6.45, 7) is 4.47. The van der Waals surface area contributed by atoms with E-state index in [9.17, 15) is 0 Å². The normalized spacial score (nSPS) is 15.9. The van der Waals surface area contributed by atoms with Crippen LogP contribution in [0.4, 0.5) is 0 Å². The lowest BCUT2D eigenvalue weighted by molar-refractivity contribution is 0.304. The Morgan fingerprint density at radius 2 is 2.00 bits per heavy atom. The molecule has 4 nitrogen and oxygen atoms in total. The van der Waals surface area contributed by atoms with Gasteiger partial charge < -0.3 is 0 Å². The lowest BCUT2D eigenvalue weighted by Gasteiger charge is -2.27. The fraction of sp³-hybridized carbons (Fsp3) is 0.462. The van der Waals surface area contributed by atoms with Crippen molar-refractivity contribution >= 4 is 12.2 Å². The van der Waals surface area contributed by atoms with E-state index in [1.165, 1.54) is 12.8 Å². The number of nitrogens with one attached hydrogen (secondary N) is 1. The van der Waals surface area contributed by atoms with Crippen LogP contribution in [-0.2, 0) is 5.54 Å². The Balaban J connectivity index is 2.15. The van der Waals surface area contributed by atoms with Crippen molar-refractivity contribution in [3.63, 3.8) is 0 Å². The maximum atomic E-state index is 5.40. The third kappa shape index (κ3) is 1.79. The third-order valence-corrected chi connectivity index (χ3v) is 4.04. The van der Waals surface area contributed by atoms with E-state index in [4.69, 9.17) is 12.2 Å². The highest BCUT2D eigenvalue weighted by Gasteiger charge is 2.41. The zero-order valence-corrected chi connectivity index (χ0v) is 11.4. The van der Waals surface area contributed by atoms with Crippen LogP contribution in [0, 0.1) is 10.7 Å². The molecular formula is C13H16N4S. The van der Waals surface area contributed by atoms with Crippen LogP contribution in [0.2, 0.25) is 0 Å². The average Bonchev–Trinajstić information content (AvgIpc) is 3.14. The average molecular weight is 260 g/mol. The molecule has 0 unspecified atom stereocenters. The predicted molar refractivity (Wildman–Crippen MR) is 72.7 cm³/mol. The van der Waals surface area contributed by atoms with E-state index in [2.05, 4.69) is 33.6 Å². The molecule has 0 aromatic carbocycles. The molecule has 2 heterocycles. The van der Waals surface area contributed by atoms with Crippen molar-refractivity contribution in [3.05, 3.63) is 29.3 Å². The lowest BCUT2D eigenvalue weighted by Crippen LogP contribution is -2.29. The molecule has 0 atom stereocenters. The Morgan fingerprint density at radius 1 is 1.33 bits per heavy atom. The van der Waals surface area contributed by atoms with E-state index in [1.54, 1.807) is 12.4 Å². The Bertz CT molecular complexity index is 607. The minimum atomic E-state index is 0.0166. The van der Waals surface area contributed by atoms with Crippen molar-refractivity contribution in [2.75, 3.05) is 0 Å². The van der Waals surface area contributed by atoms with E-state index in [0.29, 0.717) is 10.7 Å². The van der Waals surface area contributed by atoms with Gasteiger partial charge in [-0.2, -0.15) is 5.10 Å². The minimum absolute atomic E-state index is 0.0166. The molecule has 0 bridgehead atoms. The maximum Gasteiger partial charge on any atom is 0.195 e. The van der Waals surface area contributed by atoms with Crippen LogP contribution in [0.1, 0.15) is 26.7 Å². The van der Waals surface area contributed by atoms with E-state index in [0.717, 1.165) is 11.4 Å². The summed E-state index contributed by atoms with van der Waals surface area (Å²) in [5.41, 5.74) is 1.06. The summed E-state index contributed by atoms with van der Waals surface area (Å²) in [6, 6.07) is 3.93. The Kier molecular flexibility index (Phi) is 2.59. The van der Waals surface area contributed by atoms with Crippen LogP contribution in [0.15, 0.2) is 24.5 Å². The van der Waals surface area contributed by atoms with Crippen LogP contribution >= 0.6 is 12.2 Å². The highest BCUT2D eigenvalue weighted by molar-refractivity contribution is 7.71. The van der Waals surface area contributed by atoms with Crippen molar-refractivity contribution in [3.8, 4) is 11.4 Å². The second-order valence-corrected chi connectivity index (χ2v) is 5.74. The van der Waals surface area contributed by atoms with Crippen LogP contribution < -0.4 is 0 Å². The van der Waals surface area contributed by atoms with Crippen molar-refractivity contribution < 1.29 is 0 Å². The van der Waals surface area contributed by atoms with Gasteiger partial charge in [0, 0.05) is 23.5 Å². The van der Waals surface area contributed by atoms with Gasteiger partial charge >= 0.3 is 0 Å². The molecule has 5 heteroatoms. The summed E-state index contributed by atoms with van der Waals surface area (Å²) in [5, 5.41) is 7.30. The Morgan fingerprint density at radius 3 is 2.61 bits per heavy atom. The zero-order valence-electron chi connectivity index (χ0n) is 10.6. The number of aromatic amines is 1. The first-order chi connectivity index (χ1) is 8.60. The standard InChI is InChI=1S/C13H16N4S/c1-13(2,10-3-4-10)17-11(15-16-12(17)18)9-5-7-14-8-6-9/h5-8,10H,3-4H2,1-2H3,(H,16,18). The third-order valence-electron chi connectivity index (χ3n) is 3.76. The topological polar surface area (TPSA) is 46.5 Å². The Hall–Kier alpha value is -1.49. The summed E-state index contributed by atoms with van der Waals surface area (Å²) in [4.78, 5) is 4.04. The summed E-state index contributed by atoms with van der Waals surface area (Å²) in [5.74, 6) is 1.60. The van der Waals surface area contributed by atoms with Crippen molar-refractivity contribution in [2.24, 2.45) is 5.92 Å². The maximum absolute atomic E-state index is 5.40. The molecule has 2 aromatic heterocycles. The second-order valence-electron chi connectivity index (χ2n) is 5.35. The molecule has 0 aliphatic heterocycles. The van der Waals surface area contributed by atoms with Gasteiger partial charge in [0.1, 0.15) is 0 Å². The molecular weight excluding hydrogens is 244 g/mol. The number of hydrogen-bond acceptors (Lipinski definition) is 3. The summed E-state index contributed by atoms with van der Waals surface area (Å²) >= 11 is 5.40. The SMILES string of the molecule is CC(C)(C1CC1)n1c(-c2ccncc2)n[nH]c1=S. The van der Waals surface area contributed by atoms with E-state index in [-0.39, 0.29) is 5.54 Å². The fourth-order valence-electron chi connectivity index (χ4n) is 2.50. The van der Waals surface area contributed by atoms with Crippen molar-refractivity contribution in [2.45, 2.75) is 32.2 Å². The number of H-pyrrole nitrogens is 1. The molecule has 0 saturated heterocycles. The van der Waals surface area contributed by atoms with Crippen LogP contribution in [0.5, 0.6) is 0 Å². The summed E-state index contributed by atoms with van der Waals surface area (Å²) < 4.78 is 2.84. The molecule has 0 spiro atoms. The number of pyridine rings is 1. The predicted octanol–water partition coefficient (Wildman–Crippen LogP) is 3.15.